The standard InChI is InChI=1S/C20H23BrN2O2/c1-13(2)18(23-19(24)17-10-5-4-7-14(17)3)20(25)22-12-15-8-6-9-16(21)11-15/h4-11,13,18H,12H2,1-3H3,(H,22,25)(H,23,24). The van der Waals surface area contributed by atoms with E-state index >= 15 is 0 Å². The molecule has 132 valence electrons. The van der Waals surface area contributed by atoms with Crippen molar-refractivity contribution in [1.29, 1.82) is 0 Å². The van der Waals surface area contributed by atoms with Gasteiger partial charge < -0.3 is 10.6 Å². The summed E-state index contributed by atoms with van der Waals surface area (Å²) in [5.41, 5.74) is 2.47. The molecule has 0 heterocycles. The summed E-state index contributed by atoms with van der Waals surface area (Å²) in [6.07, 6.45) is 0. The molecule has 0 aliphatic rings. The van der Waals surface area contributed by atoms with Gasteiger partial charge >= 0.3 is 0 Å². The van der Waals surface area contributed by atoms with E-state index in [9.17, 15) is 9.59 Å². The Morgan fingerprint density at radius 3 is 2.44 bits per heavy atom. The van der Waals surface area contributed by atoms with Gasteiger partial charge in [-0.3, -0.25) is 9.59 Å². The number of hydrogen-bond donors (Lipinski definition) is 2. The lowest BCUT2D eigenvalue weighted by Crippen LogP contribution is -2.49. The van der Waals surface area contributed by atoms with Crippen LogP contribution in [0.4, 0.5) is 0 Å². The fraction of sp³-hybridized carbons (Fsp3) is 0.300. The lowest BCUT2D eigenvalue weighted by atomic mass is 10.0. The van der Waals surface area contributed by atoms with Crippen LogP contribution in [-0.4, -0.2) is 17.9 Å². The van der Waals surface area contributed by atoms with Gasteiger partial charge in [0.25, 0.3) is 5.91 Å². The van der Waals surface area contributed by atoms with E-state index in [0.717, 1.165) is 15.6 Å². The van der Waals surface area contributed by atoms with Crippen molar-refractivity contribution < 1.29 is 9.59 Å². The van der Waals surface area contributed by atoms with E-state index in [4.69, 9.17) is 0 Å². The number of amides is 2. The highest BCUT2D eigenvalue weighted by atomic mass is 79.9. The fourth-order valence-corrected chi connectivity index (χ4v) is 2.97. The molecule has 0 aliphatic carbocycles. The molecule has 0 aliphatic heterocycles. The normalized spacial score (nSPS) is 11.9. The second-order valence-electron chi connectivity index (χ2n) is 6.36. The molecule has 2 rings (SSSR count). The Balaban J connectivity index is 2.03. The molecule has 0 spiro atoms. The molecular formula is C20H23BrN2O2. The number of rotatable bonds is 6. The first-order chi connectivity index (χ1) is 11.9. The molecule has 2 aromatic carbocycles. The predicted octanol–water partition coefficient (Wildman–Crippen LogP) is 3.83. The van der Waals surface area contributed by atoms with Crippen LogP contribution in [0.3, 0.4) is 0 Å². The van der Waals surface area contributed by atoms with Crippen LogP contribution in [0.5, 0.6) is 0 Å². The lowest BCUT2D eigenvalue weighted by molar-refractivity contribution is -0.124. The van der Waals surface area contributed by atoms with E-state index < -0.39 is 6.04 Å². The molecule has 1 atom stereocenters. The van der Waals surface area contributed by atoms with Gasteiger partial charge in [-0.15, -0.1) is 0 Å². The Labute approximate surface area is 157 Å². The van der Waals surface area contributed by atoms with E-state index in [0.29, 0.717) is 12.1 Å². The largest absolute Gasteiger partial charge is 0.350 e. The van der Waals surface area contributed by atoms with Crippen LogP contribution in [0.2, 0.25) is 0 Å². The van der Waals surface area contributed by atoms with Crippen molar-refractivity contribution in [3.05, 3.63) is 69.7 Å². The Kier molecular flexibility index (Phi) is 6.76. The Morgan fingerprint density at radius 1 is 1.08 bits per heavy atom. The van der Waals surface area contributed by atoms with E-state index in [1.165, 1.54) is 0 Å². The van der Waals surface area contributed by atoms with Crippen LogP contribution in [0, 0.1) is 12.8 Å². The minimum atomic E-state index is -0.584. The van der Waals surface area contributed by atoms with E-state index in [1.807, 2.05) is 63.2 Å². The Hall–Kier alpha value is -2.14. The maximum Gasteiger partial charge on any atom is 0.252 e. The Morgan fingerprint density at radius 2 is 1.80 bits per heavy atom. The topological polar surface area (TPSA) is 58.2 Å². The number of halogens is 1. The first-order valence-electron chi connectivity index (χ1n) is 8.27. The molecule has 0 radical (unpaired) electrons. The minimum absolute atomic E-state index is 0.0181. The zero-order chi connectivity index (χ0) is 18.4. The van der Waals surface area contributed by atoms with E-state index in [2.05, 4.69) is 26.6 Å². The molecule has 2 N–H and O–H groups in total. The molecule has 1 unspecified atom stereocenters. The zero-order valence-electron chi connectivity index (χ0n) is 14.7. The highest BCUT2D eigenvalue weighted by Gasteiger charge is 2.24. The van der Waals surface area contributed by atoms with Crippen molar-refractivity contribution in [2.24, 2.45) is 5.92 Å². The third-order valence-electron chi connectivity index (χ3n) is 3.98. The molecule has 2 aromatic rings. The summed E-state index contributed by atoms with van der Waals surface area (Å²) in [6.45, 7) is 6.14. The van der Waals surface area contributed by atoms with Gasteiger partial charge in [-0.1, -0.05) is 60.1 Å². The first kappa shape index (κ1) is 19.2. The monoisotopic (exact) mass is 402 g/mol. The fourth-order valence-electron chi connectivity index (χ4n) is 2.53. The van der Waals surface area contributed by atoms with Gasteiger partial charge in [0, 0.05) is 16.6 Å². The highest BCUT2D eigenvalue weighted by molar-refractivity contribution is 9.10. The van der Waals surface area contributed by atoms with Crippen LogP contribution in [-0.2, 0) is 11.3 Å². The van der Waals surface area contributed by atoms with Crippen molar-refractivity contribution in [3.8, 4) is 0 Å². The van der Waals surface area contributed by atoms with Gasteiger partial charge in [0.2, 0.25) is 5.91 Å². The third-order valence-corrected chi connectivity index (χ3v) is 4.47. The van der Waals surface area contributed by atoms with E-state index in [-0.39, 0.29) is 17.7 Å². The number of carbonyl (C=O) groups excluding carboxylic acids is 2. The maximum atomic E-state index is 12.6. The van der Waals surface area contributed by atoms with Crippen LogP contribution >= 0.6 is 15.9 Å². The highest BCUT2D eigenvalue weighted by Crippen LogP contribution is 2.12. The molecule has 25 heavy (non-hydrogen) atoms. The Bertz CT molecular complexity index is 759. The van der Waals surface area contributed by atoms with Crippen molar-refractivity contribution >= 4 is 27.7 Å². The zero-order valence-corrected chi connectivity index (χ0v) is 16.3. The van der Waals surface area contributed by atoms with Gasteiger partial charge in [0.05, 0.1) is 0 Å². The molecule has 0 bridgehead atoms. The summed E-state index contributed by atoms with van der Waals surface area (Å²) in [5, 5.41) is 5.77. The number of benzene rings is 2. The summed E-state index contributed by atoms with van der Waals surface area (Å²) < 4.78 is 0.965. The van der Waals surface area contributed by atoms with Gasteiger partial charge in [0.1, 0.15) is 6.04 Å². The van der Waals surface area contributed by atoms with Crippen molar-refractivity contribution in [1.82, 2.24) is 10.6 Å². The number of carbonyl (C=O) groups is 2. The van der Waals surface area contributed by atoms with Crippen LogP contribution < -0.4 is 10.6 Å². The molecule has 2 amide bonds. The second-order valence-corrected chi connectivity index (χ2v) is 7.27. The van der Waals surface area contributed by atoms with Crippen LogP contribution in [0.25, 0.3) is 0 Å². The summed E-state index contributed by atoms with van der Waals surface area (Å²) in [7, 11) is 0. The van der Waals surface area contributed by atoms with Crippen molar-refractivity contribution in [3.63, 3.8) is 0 Å². The summed E-state index contributed by atoms with van der Waals surface area (Å²) in [4.78, 5) is 25.1. The van der Waals surface area contributed by atoms with Gasteiger partial charge in [-0.2, -0.15) is 0 Å². The lowest BCUT2D eigenvalue weighted by Gasteiger charge is -2.22. The SMILES string of the molecule is Cc1ccccc1C(=O)NC(C(=O)NCc1cccc(Br)c1)C(C)C. The van der Waals surface area contributed by atoms with Crippen LogP contribution in [0.15, 0.2) is 53.0 Å². The predicted molar refractivity (Wildman–Crippen MR) is 103 cm³/mol. The summed E-state index contributed by atoms with van der Waals surface area (Å²) in [6, 6.07) is 14.5. The number of hydrogen-bond acceptors (Lipinski definition) is 2. The minimum Gasteiger partial charge on any atom is -0.350 e. The van der Waals surface area contributed by atoms with Gasteiger partial charge in [0.15, 0.2) is 0 Å². The number of nitrogens with one attached hydrogen (secondary N) is 2. The van der Waals surface area contributed by atoms with Gasteiger partial charge in [-0.05, 0) is 42.2 Å². The number of aryl methyl sites for hydroxylation is 1. The second kappa shape index (κ2) is 8.81. The molecule has 0 saturated heterocycles. The van der Waals surface area contributed by atoms with Crippen molar-refractivity contribution in [2.75, 3.05) is 0 Å². The molecule has 0 fully saturated rings. The molecule has 5 heteroatoms. The first-order valence-corrected chi connectivity index (χ1v) is 9.06. The quantitative estimate of drug-likeness (QED) is 0.770. The van der Waals surface area contributed by atoms with Crippen molar-refractivity contribution in [2.45, 2.75) is 33.4 Å². The molecule has 0 saturated carbocycles. The smallest absolute Gasteiger partial charge is 0.252 e. The summed E-state index contributed by atoms with van der Waals surface area (Å²) in [5.74, 6) is -0.429. The molecular weight excluding hydrogens is 380 g/mol. The third kappa shape index (κ3) is 5.43. The van der Waals surface area contributed by atoms with Crippen LogP contribution in [0.1, 0.15) is 35.3 Å². The summed E-state index contributed by atoms with van der Waals surface area (Å²) >= 11 is 3.42. The van der Waals surface area contributed by atoms with E-state index in [1.54, 1.807) is 6.07 Å². The van der Waals surface area contributed by atoms with Gasteiger partial charge in [-0.25, -0.2) is 0 Å². The maximum absolute atomic E-state index is 12.6. The molecule has 0 aromatic heterocycles. The molecule has 4 nitrogen and oxygen atoms in total. The average molecular weight is 403 g/mol. The average Bonchev–Trinajstić information content (AvgIpc) is 2.57.